The van der Waals surface area contributed by atoms with E-state index in [0.717, 1.165) is 61.6 Å². The summed E-state index contributed by atoms with van der Waals surface area (Å²) in [4.78, 5) is 16.0. The van der Waals surface area contributed by atoms with Crippen molar-refractivity contribution in [2.45, 2.75) is 29.8 Å². The first-order valence-corrected chi connectivity index (χ1v) is 13.9. The molecule has 1 unspecified atom stereocenters. The summed E-state index contributed by atoms with van der Waals surface area (Å²) in [5.41, 5.74) is 2.13. The van der Waals surface area contributed by atoms with Crippen molar-refractivity contribution in [1.29, 1.82) is 0 Å². The minimum atomic E-state index is -0.478. The molecule has 1 aliphatic rings. The van der Waals surface area contributed by atoms with Crippen molar-refractivity contribution in [3.05, 3.63) is 106 Å². The van der Waals surface area contributed by atoms with Gasteiger partial charge >= 0.3 is 0 Å². The number of β-amino-alcohol motifs (C(OH)–C–C–N with tert-alkyl or cyclic N) is 1. The first kappa shape index (κ1) is 33.9. The van der Waals surface area contributed by atoms with Gasteiger partial charge in [-0.05, 0) is 66.9 Å². The van der Waals surface area contributed by atoms with Crippen molar-refractivity contribution < 1.29 is 18.8 Å². The summed E-state index contributed by atoms with van der Waals surface area (Å²) in [5.74, 6) is 0.0894. The van der Waals surface area contributed by atoms with Gasteiger partial charge in [-0.1, -0.05) is 24.3 Å². The maximum atomic E-state index is 13.5. The number of thioether (sulfide) groups is 1. The average molecular weight is 615 g/mol. The van der Waals surface area contributed by atoms with E-state index in [9.17, 15) is 24.0 Å². The summed E-state index contributed by atoms with van der Waals surface area (Å²) in [6.07, 6.45) is 1.37. The van der Waals surface area contributed by atoms with E-state index in [-0.39, 0.29) is 48.1 Å². The molecule has 40 heavy (non-hydrogen) atoms. The van der Waals surface area contributed by atoms with Crippen LogP contribution in [0.2, 0.25) is 0 Å². The summed E-state index contributed by atoms with van der Waals surface area (Å²) in [6.45, 7) is 5.19. The smallest absolute Gasteiger partial charge is 0.269 e. The van der Waals surface area contributed by atoms with Gasteiger partial charge in [-0.3, -0.25) is 15.0 Å². The van der Waals surface area contributed by atoms with E-state index in [1.165, 1.54) is 48.2 Å². The van der Waals surface area contributed by atoms with Crippen LogP contribution in [0.4, 0.5) is 14.5 Å². The fourth-order valence-electron chi connectivity index (χ4n) is 4.84. The molecule has 0 radical (unpaired) electrons. The van der Waals surface area contributed by atoms with E-state index in [4.69, 9.17) is 0 Å². The van der Waals surface area contributed by atoms with Crippen LogP contribution >= 0.6 is 36.6 Å². The Morgan fingerprint density at radius 2 is 1.32 bits per heavy atom. The molecule has 3 aromatic carbocycles. The highest BCUT2D eigenvalue weighted by atomic mass is 35.5. The van der Waals surface area contributed by atoms with Crippen molar-refractivity contribution in [1.82, 2.24) is 9.80 Å². The van der Waals surface area contributed by atoms with Crippen LogP contribution < -0.4 is 0 Å². The second-order valence-corrected chi connectivity index (χ2v) is 10.7. The number of aliphatic hydroxyl groups excluding tert-OH is 1. The van der Waals surface area contributed by atoms with E-state index in [1.807, 2.05) is 24.3 Å². The Hall–Kier alpha value is -2.27. The Morgan fingerprint density at radius 1 is 0.825 bits per heavy atom. The van der Waals surface area contributed by atoms with Crippen LogP contribution in [-0.2, 0) is 0 Å². The Kier molecular flexibility index (Phi) is 14.3. The number of nitro benzene ring substituents is 1. The van der Waals surface area contributed by atoms with Gasteiger partial charge in [0.1, 0.15) is 11.6 Å². The number of piperazine rings is 1. The molecule has 0 aliphatic carbocycles. The van der Waals surface area contributed by atoms with Gasteiger partial charge < -0.3 is 10.0 Å². The van der Waals surface area contributed by atoms with Crippen LogP contribution in [0.25, 0.3) is 0 Å². The minimum Gasteiger partial charge on any atom is -0.391 e. The van der Waals surface area contributed by atoms with Crippen LogP contribution in [0.15, 0.2) is 77.7 Å². The van der Waals surface area contributed by atoms with Crippen LogP contribution in [-0.4, -0.2) is 71.0 Å². The molecule has 6 nitrogen and oxygen atoms in total. The zero-order valence-electron chi connectivity index (χ0n) is 22.0. The summed E-state index contributed by atoms with van der Waals surface area (Å²) in [6, 6.07) is 19.5. The number of hydrogen-bond acceptors (Lipinski definition) is 6. The second-order valence-electron chi connectivity index (χ2n) is 9.66. The molecule has 0 saturated carbocycles. The lowest BCUT2D eigenvalue weighted by Crippen LogP contribution is -2.49. The quantitative estimate of drug-likeness (QED) is 0.145. The SMILES string of the molecule is Cl.Cl.O=[N+]([O-])c1ccc(SCC(O)CN2CCN(CCCC(c3ccc(F)cc3)c3ccc(F)cc3)CC2)cc1. The zero-order chi connectivity index (χ0) is 26.9. The molecule has 0 spiro atoms. The number of non-ortho nitro benzene ring substituents is 1. The molecule has 1 saturated heterocycles. The molecule has 4 rings (SSSR count). The molecule has 1 fully saturated rings. The lowest BCUT2D eigenvalue weighted by Gasteiger charge is -2.35. The van der Waals surface area contributed by atoms with Gasteiger partial charge in [0.25, 0.3) is 5.69 Å². The Labute approximate surface area is 250 Å². The number of nitrogens with zero attached hydrogens (tertiary/aromatic N) is 3. The van der Waals surface area contributed by atoms with E-state index >= 15 is 0 Å². The number of rotatable bonds is 12. The van der Waals surface area contributed by atoms with Crippen LogP contribution in [0.1, 0.15) is 29.9 Å². The molecular weight excluding hydrogens is 579 g/mol. The lowest BCUT2D eigenvalue weighted by atomic mass is 9.87. The molecule has 3 aromatic rings. The number of halogens is 4. The number of hydrogen-bond donors (Lipinski definition) is 1. The van der Waals surface area contributed by atoms with Crippen molar-refractivity contribution in [3.63, 3.8) is 0 Å². The average Bonchev–Trinajstić information content (AvgIpc) is 2.92. The molecule has 11 heteroatoms. The Balaban J connectivity index is 0.00000280. The largest absolute Gasteiger partial charge is 0.391 e. The third-order valence-electron chi connectivity index (χ3n) is 6.94. The second kappa shape index (κ2) is 16.9. The maximum Gasteiger partial charge on any atom is 0.269 e. The van der Waals surface area contributed by atoms with E-state index in [0.29, 0.717) is 12.3 Å². The fourth-order valence-corrected chi connectivity index (χ4v) is 5.66. The Bertz CT molecular complexity index is 1120. The highest BCUT2D eigenvalue weighted by molar-refractivity contribution is 7.99. The number of aliphatic hydroxyl groups is 1. The van der Waals surface area contributed by atoms with Gasteiger partial charge in [-0.2, -0.15) is 0 Å². The summed E-state index contributed by atoms with van der Waals surface area (Å²) < 4.78 is 26.9. The van der Waals surface area contributed by atoms with Crippen molar-refractivity contribution >= 4 is 42.3 Å². The standard InChI is InChI=1S/C29H33F2N3O3S.2ClH/c30-24-7-3-22(4-8-24)29(23-5-9-25(31)10-6-23)2-1-15-32-16-18-33(19-17-32)20-27(35)21-38-28-13-11-26(12-14-28)34(36)37;;/h3-14,27,29,35H,1-2,15-21H2;2*1H. The fraction of sp³-hybridized carbons (Fsp3) is 0.379. The zero-order valence-corrected chi connectivity index (χ0v) is 24.5. The predicted octanol–water partition coefficient (Wildman–Crippen LogP) is 6.40. The summed E-state index contributed by atoms with van der Waals surface area (Å²) in [7, 11) is 0. The highest BCUT2D eigenvalue weighted by Gasteiger charge is 2.20. The van der Waals surface area contributed by atoms with E-state index in [2.05, 4.69) is 9.80 Å². The predicted molar refractivity (Wildman–Crippen MR) is 161 cm³/mol. The molecule has 0 bridgehead atoms. The minimum absolute atomic E-state index is 0. The maximum absolute atomic E-state index is 13.5. The van der Waals surface area contributed by atoms with Gasteiger partial charge in [-0.25, -0.2) is 8.78 Å². The van der Waals surface area contributed by atoms with Crippen molar-refractivity contribution in [2.75, 3.05) is 45.0 Å². The van der Waals surface area contributed by atoms with Crippen molar-refractivity contribution in [2.24, 2.45) is 0 Å². The third kappa shape index (κ3) is 10.3. The number of benzene rings is 3. The first-order valence-electron chi connectivity index (χ1n) is 12.9. The van der Waals surface area contributed by atoms with E-state index in [1.54, 1.807) is 12.1 Å². The molecule has 0 aromatic heterocycles. The van der Waals surface area contributed by atoms with Crippen LogP contribution in [0.3, 0.4) is 0 Å². The molecule has 1 heterocycles. The Morgan fingerprint density at radius 3 is 1.82 bits per heavy atom. The van der Waals surface area contributed by atoms with E-state index < -0.39 is 11.0 Å². The highest BCUT2D eigenvalue weighted by Crippen LogP contribution is 2.30. The van der Waals surface area contributed by atoms with Gasteiger partial charge in [-0.15, -0.1) is 36.6 Å². The molecule has 1 atom stereocenters. The molecule has 218 valence electrons. The summed E-state index contributed by atoms with van der Waals surface area (Å²) >= 11 is 1.50. The lowest BCUT2D eigenvalue weighted by molar-refractivity contribution is -0.384. The van der Waals surface area contributed by atoms with Crippen LogP contribution in [0, 0.1) is 21.7 Å². The molecule has 1 N–H and O–H groups in total. The molecule has 0 amide bonds. The molecule has 1 aliphatic heterocycles. The van der Waals surface area contributed by atoms with Gasteiger partial charge in [0, 0.05) is 61.4 Å². The topological polar surface area (TPSA) is 69.8 Å². The van der Waals surface area contributed by atoms with Gasteiger partial charge in [0.2, 0.25) is 0 Å². The first-order chi connectivity index (χ1) is 18.4. The normalized spacial score (nSPS) is 14.8. The van der Waals surface area contributed by atoms with Crippen molar-refractivity contribution in [3.8, 4) is 0 Å². The number of nitro groups is 1. The van der Waals surface area contributed by atoms with Crippen LogP contribution in [0.5, 0.6) is 0 Å². The third-order valence-corrected chi connectivity index (χ3v) is 8.09. The summed E-state index contributed by atoms with van der Waals surface area (Å²) in [5, 5.41) is 21.3. The molecular formula is C29H35Cl2F2N3O3S. The van der Waals surface area contributed by atoms with Gasteiger partial charge in [0.05, 0.1) is 11.0 Å². The monoisotopic (exact) mass is 613 g/mol. The van der Waals surface area contributed by atoms with Gasteiger partial charge in [0.15, 0.2) is 0 Å².